The number of ether oxygens (including phenoxy) is 1. The number of benzene rings is 1. The molecule has 0 aliphatic rings. The van der Waals surface area contributed by atoms with Gasteiger partial charge in [-0.3, -0.25) is 0 Å². The van der Waals surface area contributed by atoms with E-state index in [-0.39, 0.29) is 6.61 Å². The predicted molar refractivity (Wildman–Crippen MR) is 79.2 cm³/mol. The molecular formula is C16H27NO2. The molecule has 19 heavy (non-hydrogen) atoms. The van der Waals surface area contributed by atoms with Gasteiger partial charge >= 0.3 is 0 Å². The van der Waals surface area contributed by atoms with Gasteiger partial charge in [-0.1, -0.05) is 44.2 Å². The number of aliphatic hydroxyl groups is 1. The molecule has 0 bridgehead atoms. The van der Waals surface area contributed by atoms with Crippen molar-refractivity contribution in [2.45, 2.75) is 32.2 Å². The summed E-state index contributed by atoms with van der Waals surface area (Å²) < 4.78 is 5.67. The largest absolute Gasteiger partial charge is 0.394 e. The first-order valence-electron chi connectivity index (χ1n) is 7.07. The van der Waals surface area contributed by atoms with Crippen molar-refractivity contribution in [2.24, 2.45) is 5.92 Å². The second-order valence-corrected chi connectivity index (χ2v) is 5.40. The van der Waals surface area contributed by atoms with E-state index in [0.717, 1.165) is 25.0 Å². The molecule has 2 N–H and O–H groups in total. The molecular weight excluding hydrogens is 238 g/mol. The van der Waals surface area contributed by atoms with Gasteiger partial charge in [-0.05, 0) is 31.4 Å². The zero-order chi connectivity index (χ0) is 14.1. The summed E-state index contributed by atoms with van der Waals surface area (Å²) >= 11 is 0. The van der Waals surface area contributed by atoms with Crippen molar-refractivity contribution in [3.63, 3.8) is 0 Å². The first-order chi connectivity index (χ1) is 9.14. The Morgan fingerprint density at radius 1 is 1.21 bits per heavy atom. The van der Waals surface area contributed by atoms with Crippen LogP contribution in [0.15, 0.2) is 30.3 Å². The average Bonchev–Trinajstić information content (AvgIpc) is 2.44. The molecule has 1 aromatic carbocycles. The zero-order valence-corrected chi connectivity index (χ0v) is 12.4. The molecule has 1 unspecified atom stereocenters. The van der Waals surface area contributed by atoms with E-state index in [9.17, 15) is 5.11 Å². The number of aliphatic hydroxyl groups excluding tert-OH is 1. The van der Waals surface area contributed by atoms with Gasteiger partial charge in [0, 0.05) is 13.2 Å². The Hall–Kier alpha value is -0.900. The molecule has 108 valence electrons. The van der Waals surface area contributed by atoms with Crippen LogP contribution in [0.2, 0.25) is 0 Å². The maximum absolute atomic E-state index is 9.76. The molecule has 0 fully saturated rings. The van der Waals surface area contributed by atoms with Crippen LogP contribution >= 0.6 is 0 Å². The minimum Gasteiger partial charge on any atom is -0.394 e. The van der Waals surface area contributed by atoms with Gasteiger partial charge in [-0.15, -0.1) is 0 Å². The Morgan fingerprint density at radius 3 is 2.42 bits per heavy atom. The summed E-state index contributed by atoms with van der Waals surface area (Å²) in [6.07, 6.45) is 1.85. The van der Waals surface area contributed by atoms with Crippen LogP contribution in [-0.4, -0.2) is 32.0 Å². The summed E-state index contributed by atoms with van der Waals surface area (Å²) in [5.74, 6) is 0.668. The summed E-state index contributed by atoms with van der Waals surface area (Å²) in [4.78, 5) is 0. The van der Waals surface area contributed by atoms with Crippen molar-refractivity contribution in [1.82, 2.24) is 5.32 Å². The van der Waals surface area contributed by atoms with Crippen molar-refractivity contribution in [3.8, 4) is 0 Å². The fraction of sp³-hybridized carbons (Fsp3) is 0.625. The van der Waals surface area contributed by atoms with Crippen LogP contribution in [0.5, 0.6) is 0 Å². The van der Waals surface area contributed by atoms with E-state index in [1.807, 2.05) is 37.4 Å². The highest BCUT2D eigenvalue weighted by atomic mass is 16.5. The Balaban J connectivity index is 2.53. The lowest BCUT2D eigenvalue weighted by atomic mass is 9.88. The summed E-state index contributed by atoms with van der Waals surface area (Å²) in [5.41, 5.74) is 0.700. The Kier molecular flexibility index (Phi) is 7.06. The van der Waals surface area contributed by atoms with Crippen molar-refractivity contribution in [3.05, 3.63) is 35.9 Å². The first kappa shape index (κ1) is 16.2. The summed E-state index contributed by atoms with van der Waals surface area (Å²) in [5, 5.41) is 13.0. The number of rotatable bonds is 9. The first-order valence-corrected chi connectivity index (χ1v) is 7.07. The van der Waals surface area contributed by atoms with Crippen LogP contribution in [0.1, 0.15) is 32.3 Å². The van der Waals surface area contributed by atoms with E-state index >= 15 is 0 Å². The van der Waals surface area contributed by atoms with Gasteiger partial charge in [-0.2, -0.15) is 0 Å². The van der Waals surface area contributed by atoms with Gasteiger partial charge in [0.15, 0.2) is 0 Å². The Morgan fingerprint density at radius 2 is 1.89 bits per heavy atom. The van der Waals surface area contributed by atoms with E-state index < -0.39 is 5.54 Å². The smallest absolute Gasteiger partial charge is 0.0688 e. The zero-order valence-electron chi connectivity index (χ0n) is 12.4. The standard InChI is InChI=1S/C16H27NO2/c1-14(2)9-11-19-12-10-16(13-18,17-3)15-7-5-4-6-8-15/h4-8,14,17-18H,9-13H2,1-3H3. The fourth-order valence-corrected chi connectivity index (χ4v) is 2.09. The van der Waals surface area contributed by atoms with Gasteiger partial charge in [0.1, 0.15) is 0 Å². The van der Waals surface area contributed by atoms with E-state index in [1.165, 1.54) is 0 Å². The van der Waals surface area contributed by atoms with Gasteiger partial charge in [0.25, 0.3) is 0 Å². The molecule has 0 aliphatic heterocycles. The van der Waals surface area contributed by atoms with Gasteiger partial charge in [0.05, 0.1) is 12.1 Å². The second kappa shape index (κ2) is 8.31. The number of likely N-dealkylation sites (N-methyl/N-ethyl adjacent to an activating group) is 1. The third-order valence-electron chi connectivity index (χ3n) is 3.59. The van der Waals surface area contributed by atoms with E-state index in [2.05, 4.69) is 19.2 Å². The third kappa shape index (κ3) is 4.94. The highest BCUT2D eigenvalue weighted by Gasteiger charge is 2.29. The van der Waals surface area contributed by atoms with Crippen LogP contribution < -0.4 is 5.32 Å². The minimum absolute atomic E-state index is 0.0705. The minimum atomic E-state index is -0.404. The summed E-state index contributed by atoms with van der Waals surface area (Å²) in [6, 6.07) is 10.1. The van der Waals surface area contributed by atoms with Crippen LogP contribution in [0.4, 0.5) is 0 Å². The van der Waals surface area contributed by atoms with Crippen molar-refractivity contribution in [2.75, 3.05) is 26.9 Å². The van der Waals surface area contributed by atoms with Crippen LogP contribution in [0.3, 0.4) is 0 Å². The van der Waals surface area contributed by atoms with Crippen LogP contribution in [0, 0.1) is 5.92 Å². The summed E-state index contributed by atoms with van der Waals surface area (Å²) in [6.45, 7) is 5.90. The molecule has 0 amide bonds. The van der Waals surface area contributed by atoms with Crippen LogP contribution in [-0.2, 0) is 10.3 Å². The normalized spacial score (nSPS) is 14.6. The maximum atomic E-state index is 9.76. The molecule has 1 rings (SSSR count). The molecule has 0 radical (unpaired) electrons. The van der Waals surface area contributed by atoms with Crippen molar-refractivity contribution < 1.29 is 9.84 Å². The average molecular weight is 265 g/mol. The highest BCUT2D eigenvalue weighted by molar-refractivity contribution is 5.24. The molecule has 1 aromatic rings. The van der Waals surface area contributed by atoms with Crippen molar-refractivity contribution in [1.29, 1.82) is 0 Å². The topological polar surface area (TPSA) is 41.5 Å². The Bertz CT molecular complexity index is 334. The second-order valence-electron chi connectivity index (χ2n) is 5.40. The molecule has 0 aromatic heterocycles. The SMILES string of the molecule is CNC(CO)(CCOCCC(C)C)c1ccccc1. The van der Waals surface area contributed by atoms with E-state index in [1.54, 1.807) is 0 Å². The number of hydrogen-bond acceptors (Lipinski definition) is 3. The number of hydrogen-bond donors (Lipinski definition) is 2. The van der Waals surface area contributed by atoms with Gasteiger partial charge < -0.3 is 15.2 Å². The monoisotopic (exact) mass is 265 g/mol. The lowest BCUT2D eigenvalue weighted by Crippen LogP contribution is -2.44. The maximum Gasteiger partial charge on any atom is 0.0688 e. The summed E-state index contributed by atoms with van der Waals surface area (Å²) in [7, 11) is 1.89. The lowest BCUT2D eigenvalue weighted by molar-refractivity contribution is 0.0770. The van der Waals surface area contributed by atoms with Crippen LogP contribution in [0.25, 0.3) is 0 Å². The quantitative estimate of drug-likeness (QED) is 0.674. The lowest BCUT2D eigenvalue weighted by Gasteiger charge is -2.32. The third-order valence-corrected chi connectivity index (χ3v) is 3.59. The Labute approximate surface area is 117 Å². The number of nitrogens with one attached hydrogen (secondary N) is 1. The molecule has 0 spiro atoms. The molecule has 0 heterocycles. The van der Waals surface area contributed by atoms with Crippen molar-refractivity contribution >= 4 is 0 Å². The van der Waals surface area contributed by atoms with E-state index in [4.69, 9.17) is 4.74 Å². The van der Waals surface area contributed by atoms with Gasteiger partial charge in [0.2, 0.25) is 0 Å². The highest BCUT2D eigenvalue weighted by Crippen LogP contribution is 2.24. The molecule has 3 nitrogen and oxygen atoms in total. The molecule has 0 saturated heterocycles. The predicted octanol–water partition coefficient (Wildman–Crippen LogP) is 2.55. The van der Waals surface area contributed by atoms with E-state index in [0.29, 0.717) is 12.5 Å². The van der Waals surface area contributed by atoms with Gasteiger partial charge in [-0.25, -0.2) is 0 Å². The molecule has 3 heteroatoms. The molecule has 1 atom stereocenters. The fourth-order valence-electron chi connectivity index (χ4n) is 2.09. The molecule has 0 saturated carbocycles. The molecule has 0 aliphatic carbocycles.